The number of hydrogen-bond acceptors (Lipinski definition) is 3. The van der Waals surface area contributed by atoms with Crippen LogP contribution in [-0.2, 0) is 9.59 Å². The van der Waals surface area contributed by atoms with Crippen LogP contribution in [0.3, 0.4) is 0 Å². The molecule has 2 unspecified atom stereocenters. The number of nitrogens with zero attached hydrogens (tertiary/aromatic N) is 2. The minimum absolute atomic E-state index is 0. The molecule has 2 heterocycles. The fourth-order valence-electron chi connectivity index (χ4n) is 3.28. The predicted octanol–water partition coefficient (Wildman–Crippen LogP) is 1.25. The van der Waals surface area contributed by atoms with Crippen LogP contribution >= 0.6 is 12.4 Å². The molecule has 2 aliphatic rings. The molecular formula is C15H28ClN3O2. The minimum atomic E-state index is -0.0298. The highest BCUT2D eigenvalue weighted by Gasteiger charge is 2.38. The second kappa shape index (κ2) is 6.97. The third kappa shape index (κ3) is 4.10. The van der Waals surface area contributed by atoms with Crippen molar-refractivity contribution in [1.82, 2.24) is 9.80 Å². The van der Waals surface area contributed by atoms with Crippen LogP contribution in [0.25, 0.3) is 0 Å². The molecule has 0 aromatic carbocycles. The third-order valence-electron chi connectivity index (χ3n) is 4.84. The molecule has 2 fully saturated rings. The van der Waals surface area contributed by atoms with E-state index in [9.17, 15) is 9.59 Å². The third-order valence-corrected chi connectivity index (χ3v) is 4.84. The van der Waals surface area contributed by atoms with Crippen molar-refractivity contribution in [2.75, 3.05) is 26.2 Å². The highest BCUT2D eigenvalue weighted by molar-refractivity contribution is 5.85. The molecule has 5 nitrogen and oxygen atoms in total. The zero-order valence-corrected chi connectivity index (χ0v) is 14.1. The average molecular weight is 318 g/mol. The van der Waals surface area contributed by atoms with Gasteiger partial charge in [0.15, 0.2) is 0 Å². The molecule has 0 radical (unpaired) electrons. The van der Waals surface area contributed by atoms with Gasteiger partial charge < -0.3 is 15.5 Å². The first kappa shape index (κ1) is 18.2. The second-order valence-electron chi connectivity index (χ2n) is 6.95. The Balaban J connectivity index is 0.00000220. The van der Waals surface area contributed by atoms with Gasteiger partial charge in [0.25, 0.3) is 0 Å². The fraction of sp³-hybridized carbons (Fsp3) is 0.867. The van der Waals surface area contributed by atoms with Gasteiger partial charge in [-0.2, -0.15) is 0 Å². The average Bonchev–Trinajstić information content (AvgIpc) is 2.41. The van der Waals surface area contributed by atoms with Crippen molar-refractivity contribution >= 4 is 24.2 Å². The number of piperidine rings is 2. The van der Waals surface area contributed by atoms with E-state index in [1.165, 1.54) is 0 Å². The van der Waals surface area contributed by atoms with Gasteiger partial charge >= 0.3 is 0 Å². The van der Waals surface area contributed by atoms with Crippen molar-refractivity contribution in [1.29, 1.82) is 0 Å². The number of likely N-dealkylation sites (tertiary alicyclic amines) is 2. The zero-order chi connectivity index (χ0) is 14.9. The van der Waals surface area contributed by atoms with Crippen molar-refractivity contribution in [3.8, 4) is 0 Å². The smallest absolute Gasteiger partial charge is 0.227 e. The number of carbonyl (C=O) groups is 2. The first-order valence-corrected chi connectivity index (χ1v) is 7.61. The van der Waals surface area contributed by atoms with Gasteiger partial charge in [0.1, 0.15) is 0 Å². The van der Waals surface area contributed by atoms with Crippen LogP contribution in [0, 0.1) is 11.3 Å². The Kier molecular flexibility index (Phi) is 6.05. The largest absolute Gasteiger partial charge is 0.342 e. The van der Waals surface area contributed by atoms with Crippen molar-refractivity contribution < 1.29 is 9.59 Å². The SMILES string of the molecule is CC(=O)N1CCCC(C(=O)N2CCC(N)C(C)(C)C2)C1.Cl. The minimum Gasteiger partial charge on any atom is -0.342 e. The molecule has 0 spiro atoms. The molecule has 0 aromatic heterocycles. The monoisotopic (exact) mass is 317 g/mol. The van der Waals surface area contributed by atoms with Crippen LogP contribution in [0.2, 0.25) is 0 Å². The summed E-state index contributed by atoms with van der Waals surface area (Å²) in [4.78, 5) is 27.9. The van der Waals surface area contributed by atoms with Gasteiger partial charge in [0, 0.05) is 39.1 Å². The van der Waals surface area contributed by atoms with E-state index in [2.05, 4.69) is 13.8 Å². The summed E-state index contributed by atoms with van der Waals surface area (Å²) in [7, 11) is 0. The van der Waals surface area contributed by atoms with Crippen LogP contribution in [0.1, 0.15) is 40.0 Å². The van der Waals surface area contributed by atoms with Crippen molar-refractivity contribution in [3.63, 3.8) is 0 Å². The molecule has 2 saturated heterocycles. The Bertz CT molecular complexity index is 400. The summed E-state index contributed by atoms with van der Waals surface area (Å²) in [6.45, 7) is 8.67. The molecular weight excluding hydrogens is 290 g/mol. The summed E-state index contributed by atoms with van der Waals surface area (Å²) in [6.07, 6.45) is 2.68. The molecule has 2 aliphatic heterocycles. The van der Waals surface area contributed by atoms with Gasteiger partial charge in [-0.3, -0.25) is 9.59 Å². The van der Waals surface area contributed by atoms with Crippen LogP contribution in [0.4, 0.5) is 0 Å². The van der Waals surface area contributed by atoms with E-state index in [1.54, 1.807) is 11.8 Å². The van der Waals surface area contributed by atoms with Crippen molar-refractivity contribution in [3.05, 3.63) is 0 Å². The number of amides is 2. The van der Waals surface area contributed by atoms with Gasteiger partial charge in [-0.1, -0.05) is 13.8 Å². The first-order valence-electron chi connectivity index (χ1n) is 7.61. The van der Waals surface area contributed by atoms with Crippen LogP contribution in [0.15, 0.2) is 0 Å². The molecule has 2 N–H and O–H groups in total. The van der Waals surface area contributed by atoms with Gasteiger partial charge in [-0.25, -0.2) is 0 Å². The molecule has 0 bridgehead atoms. The van der Waals surface area contributed by atoms with Crippen LogP contribution in [-0.4, -0.2) is 53.8 Å². The van der Waals surface area contributed by atoms with Crippen LogP contribution in [0.5, 0.6) is 0 Å². The predicted molar refractivity (Wildman–Crippen MR) is 85.2 cm³/mol. The topological polar surface area (TPSA) is 66.6 Å². The Hall–Kier alpha value is -0.810. The number of nitrogens with two attached hydrogens (primary N) is 1. The highest BCUT2D eigenvalue weighted by atomic mass is 35.5. The molecule has 0 saturated carbocycles. The van der Waals surface area contributed by atoms with E-state index >= 15 is 0 Å². The van der Waals surface area contributed by atoms with E-state index in [0.29, 0.717) is 6.54 Å². The molecule has 6 heteroatoms. The number of hydrogen-bond donors (Lipinski definition) is 1. The van der Waals surface area contributed by atoms with E-state index in [1.807, 2.05) is 4.90 Å². The maximum absolute atomic E-state index is 12.7. The van der Waals surface area contributed by atoms with E-state index in [4.69, 9.17) is 5.73 Å². The lowest BCUT2D eigenvalue weighted by atomic mass is 9.79. The molecule has 21 heavy (non-hydrogen) atoms. The summed E-state index contributed by atoms with van der Waals surface area (Å²) in [5.41, 5.74) is 6.10. The summed E-state index contributed by atoms with van der Waals surface area (Å²) in [6, 6.07) is 0.159. The Labute approximate surface area is 133 Å². The molecule has 122 valence electrons. The molecule has 2 rings (SSSR count). The van der Waals surface area contributed by atoms with Crippen molar-refractivity contribution in [2.45, 2.75) is 46.1 Å². The van der Waals surface area contributed by atoms with E-state index < -0.39 is 0 Å². The molecule has 2 atom stereocenters. The molecule has 0 aliphatic carbocycles. The van der Waals surface area contributed by atoms with Crippen LogP contribution < -0.4 is 5.73 Å². The van der Waals surface area contributed by atoms with Gasteiger partial charge in [0.2, 0.25) is 11.8 Å². The summed E-state index contributed by atoms with van der Waals surface area (Å²) >= 11 is 0. The van der Waals surface area contributed by atoms with Gasteiger partial charge in [-0.15, -0.1) is 12.4 Å². The maximum Gasteiger partial charge on any atom is 0.227 e. The quantitative estimate of drug-likeness (QED) is 0.791. The first-order chi connectivity index (χ1) is 9.31. The summed E-state index contributed by atoms with van der Waals surface area (Å²) in [5.74, 6) is 0.247. The summed E-state index contributed by atoms with van der Waals surface area (Å²) < 4.78 is 0. The van der Waals surface area contributed by atoms with E-state index in [-0.39, 0.29) is 41.6 Å². The summed E-state index contributed by atoms with van der Waals surface area (Å²) in [5, 5.41) is 0. The number of rotatable bonds is 1. The Morgan fingerprint density at radius 3 is 2.38 bits per heavy atom. The second-order valence-corrected chi connectivity index (χ2v) is 6.95. The number of carbonyl (C=O) groups excluding carboxylic acids is 2. The molecule has 2 amide bonds. The Morgan fingerprint density at radius 1 is 1.14 bits per heavy atom. The van der Waals surface area contributed by atoms with Gasteiger partial charge in [0.05, 0.1) is 5.92 Å². The van der Waals surface area contributed by atoms with E-state index in [0.717, 1.165) is 38.9 Å². The maximum atomic E-state index is 12.7. The standard InChI is InChI=1S/C15H27N3O2.ClH/c1-11(19)17-7-4-5-12(9-17)14(20)18-8-6-13(16)15(2,3)10-18;/h12-13H,4-10,16H2,1-3H3;1H. The lowest BCUT2D eigenvalue weighted by molar-refractivity contribution is -0.143. The fourth-order valence-corrected chi connectivity index (χ4v) is 3.28. The zero-order valence-electron chi connectivity index (χ0n) is 13.3. The lowest BCUT2D eigenvalue weighted by Gasteiger charge is -2.44. The Morgan fingerprint density at radius 2 is 1.81 bits per heavy atom. The van der Waals surface area contributed by atoms with Gasteiger partial charge in [-0.05, 0) is 24.7 Å². The normalized spacial score (nSPS) is 28.8. The number of halogens is 1. The highest BCUT2D eigenvalue weighted by Crippen LogP contribution is 2.29. The lowest BCUT2D eigenvalue weighted by Crippen LogP contribution is -2.56. The van der Waals surface area contributed by atoms with Crippen molar-refractivity contribution in [2.24, 2.45) is 17.1 Å². The molecule has 0 aromatic rings.